The van der Waals surface area contributed by atoms with E-state index in [0.29, 0.717) is 71.2 Å². The molecule has 0 saturated carbocycles. The predicted molar refractivity (Wildman–Crippen MR) is 314 cm³/mol. The Morgan fingerprint density at radius 2 is 0.693 bits per heavy atom. The van der Waals surface area contributed by atoms with Crippen molar-refractivity contribution in [1.29, 1.82) is 0 Å². The van der Waals surface area contributed by atoms with Gasteiger partial charge in [0.15, 0.2) is 12.6 Å². The van der Waals surface area contributed by atoms with Crippen LogP contribution >= 0.6 is 0 Å². The van der Waals surface area contributed by atoms with Crippen LogP contribution in [0.15, 0.2) is 0 Å². The monoisotopic (exact) mass is 1070 g/mol. The second-order valence-corrected chi connectivity index (χ2v) is 22.8. The summed E-state index contributed by atoms with van der Waals surface area (Å²) >= 11 is 0. The van der Waals surface area contributed by atoms with Crippen molar-refractivity contribution in [3.63, 3.8) is 0 Å². The Morgan fingerprint density at radius 3 is 1.03 bits per heavy atom. The molecule has 0 aliphatic carbocycles. The second-order valence-electron chi connectivity index (χ2n) is 22.8. The van der Waals surface area contributed by atoms with Crippen LogP contribution < -0.4 is 0 Å². The molecule has 446 valence electrons. The van der Waals surface area contributed by atoms with E-state index < -0.39 is 0 Å². The minimum absolute atomic E-state index is 0.131. The first kappa shape index (κ1) is 71.7. The number of β-amino-alcohol motifs (C(OH)–C–C–N with tert-alkyl or cyclic N) is 1. The Hall–Kier alpha value is -1.30. The molecule has 1 heterocycles. The van der Waals surface area contributed by atoms with Gasteiger partial charge in [0, 0.05) is 52.4 Å². The molecule has 0 bridgehead atoms. The summed E-state index contributed by atoms with van der Waals surface area (Å²) in [6.07, 6.45) is 51.4. The largest absolute Gasteiger partial charge is 0.466 e. The number of carbonyl (C=O) groups excluding carboxylic acids is 2. The number of ether oxygens (including phenoxy) is 6. The first-order chi connectivity index (χ1) is 37.0. The summed E-state index contributed by atoms with van der Waals surface area (Å²) in [4.78, 5) is 27.9. The van der Waals surface area contributed by atoms with Crippen LogP contribution in [0.1, 0.15) is 317 Å². The summed E-state index contributed by atoms with van der Waals surface area (Å²) in [6, 6.07) is 0. The molecule has 0 aromatic rings. The maximum absolute atomic E-state index is 12.7. The van der Waals surface area contributed by atoms with Crippen LogP contribution in [0, 0.1) is 11.8 Å². The lowest BCUT2D eigenvalue weighted by molar-refractivity contribution is -0.159. The van der Waals surface area contributed by atoms with Gasteiger partial charge in [-0.3, -0.25) is 9.59 Å². The molecule has 1 aliphatic rings. The fourth-order valence-corrected chi connectivity index (χ4v) is 10.8. The Morgan fingerprint density at radius 1 is 0.400 bits per heavy atom. The molecule has 1 fully saturated rings. The Labute approximate surface area is 465 Å². The molecule has 1 saturated heterocycles. The normalized spacial score (nSPS) is 15.2. The van der Waals surface area contributed by atoms with E-state index >= 15 is 0 Å². The lowest BCUT2D eigenvalue weighted by Crippen LogP contribution is -2.41. The highest BCUT2D eigenvalue weighted by Gasteiger charge is 2.28. The number of carbonyl (C=O) groups is 2. The molecule has 0 aromatic heterocycles. The van der Waals surface area contributed by atoms with Crippen LogP contribution in [0.25, 0.3) is 0 Å². The fourth-order valence-electron chi connectivity index (χ4n) is 10.8. The SMILES string of the molecule is CCCCCCCCCOC(CCC(=O)OCCCCCCCC1CCN(CCO)CC1CCCCCCCOC(=O)CCC(OCCCCCCCCC)OCCCCCCCCC)OCCCCCCCCC. The van der Waals surface area contributed by atoms with Crippen molar-refractivity contribution in [1.82, 2.24) is 4.90 Å². The van der Waals surface area contributed by atoms with Crippen molar-refractivity contribution >= 4 is 11.9 Å². The van der Waals surface area contributed by atoms with Crippen molar-refractivity contribution in [2.75, 3.05) is 65.9 Å². The van der Waals surface area contributed by atoms with Gasteiger partial charge < -0.3 is 38.4 Å². The van der Waals surface area contributed by atoms with Crippen LogP contribution in [-0.4, -0.2) is 100 Å². The van der Waals surface area contributed by atoms with Gasteiger partial charge in [-0.05, 0) is 69.7 Å². The van der Waals surface area contributed by atoms with E-state index in [0.717, 1.165) is 76.9 Å². The van der Waals surface area contributed by atoms with Gasteiger partial charge in [0.25, 0.3) is 0 Å². The third-order valence-electron chi connectivity index (χ3n) is 15.7. The maximum atomic E-state index is 12.7. The average Bonchev–Trinajstić information content (AvgIpc) is 3.41. The number of likely N-dealkylation sites (tertiary alicyclic amines) is 1. The number of hydrogen-bond donors (Lipinski definition) is 1. The van der Waals surface area contributed by atoms with Crippen LogP contribution in [0.3, 0.4) is 0 Å². The van der Waals surface area contributed by atoms with Gasteiger partial charge in [0.2, 0.25) is 0 Å². The van der Waals surface area contributed by atoms with Crippen LogP contribution in [0.5, 0.6) is 0 Å². The van der Waals surface area contributed by atoms with E-state index in [-0.39, 0.29) is 31.1 Å². The maximum Gasteiger partial charge on any atom is 0.305 e. The molecule has 0 amide bonds. The molecule has 0 spiro atoms. The van der Waals surface area contributed by atoms with E-state index in [4.69, 9.17) is 28.4 Å². The van der Waals surface area contributed by atoms with Gasteiger partial charge >= 0.3 is 11.9 Å². The Balaban J connectivity index is 2.30. The highest BCUT2D eigenvalue weighted by atomic mass is 16.7. The van der Waals surface area contributed by atoms with E-state index in [1.54, 1.807) is 0 Å². The molecule has 0 radical (unpaired) electrons. The van der Waals surface area contributed by atoms with Gasteiger partial charge in [0.1, 0.15) is 0 Å². The number of esters is 2. The molecule has 10 nitrogen and oxygen atoms in total. The molecular weight excluding hydrogens is 939 g/mol. The van der Waals surface area contributed by atoms with Crippen molar-refractivity contribution in [3.05, 3.63) is 0 Å². The van der Waals surface area contributed by atoms with Crippen molar-refractivity contribution in [3.8, 4) is 0 Å². The third-order valence-corrected chi connectivity index (χ3v) is 15.7. The van der Waals surface area contributed by atoms with Gasteiger partial charge in [-0.1, -0.05) is 240 Å². The van der Waals surface area contributed by atoms with Crippen molar-refractivity contribution in [2.24, 2.45) is 11.8 Å². The molecule has 2 unspecified atom stereocenters. The van der Waals surface area contributed by atoms with E-state index in [1.165, 1.54) is 212 Å². The predicted octanol–water partition coefficient (Wildman–Crippen LogP) is 18.0. The molecule has 10 heteroatoms. The number of hydrogen-bond acceptors (Lipinski definition) is 10. The highest BCUT2D eigenvalue weighted by Crippen LogP contribution is 2.32. The van der Waals surface area contributed by atoms with Crippen LogP contribution in [0.2, 0.25) is 0 Å². The smallest absolute Gasteiger partial charge is 0.305 e. The quantitative estimate of drug-likeness (QED) is 0.0359. The molecule has 1 rings (SSSR count). The summed E-state index contributed by atoms with van der Waals surface area (Å²) < 4.78 is 36.0. The van der Waals surface area contributed by atoms with Gasteiger partial charge in [-0.15, -0.1) is 0 Å². The molecule has 2 atom stereocenters. The highest BCUT2D eigenvalue weighted by molar-refractivity contribution is 5.69. The molecule has 0 aromatic carbocycles. The number of piperidine rings is 1. The zero-order valence-electron chi connectivity index (χ0n) is 50.4. The zero-order chi connectivity index (χ0) is 54.2. The number of unbranched alkanes of at least 4 members (excludes halogenated alkanes) is 32. The zero-order valence-corrected chi connectivity index (χ0v) is 50.4. The number of aliphatic hydroxyl groups excluding tert-OH is 1. The summed E-state index contributed by atoms with van der Waals surface area (Å²) in [5.41, 5.74) is 0. The number of rotatable bonds is 60. The number of aliphatic hydroxyl groups is 1. The molecule has 1 N–H and O–H groups in total. The van der Waals surface area contributed by atoms with Crippen LogP contribution in [0.4, 0.5) is 0 Å². The molecule has 75 heavy (non-hydrogen) atoms. The summed E-state index contributed by atoms with van der Waals surface area (Å²) in [5, 5.41) is 9.68. The minimum Gasteiger partial charge on any atom is -0.466 e. The second kappa shape index (κ2) is 57.4. The Kier molecular flexibility index (Phi) is 54.9. The first-order valence-corrected chi connectivity index (χ1v) is 33.1. The molecular formula is C65H127NO9. The summed E-state index contributed by atoms with van der Waals surface area (Å²) in [6.45, 7) is 16.1. The van der Waals surface area contributed by atoms with Gasteiger partial charge in [0.05, 0.1) is 32.7 Å². The Bertz CT molecular complexity index is 1140. The topological polar surface area (TPSA) is 113 Å². The lowest BCUT2D eigenvalue weighted by atomic mass is 9.79. The van der Waals surface area contributed by atoms with E-state index in [2.05, 4.69) is 32.6 Å². The lowest BCUT2D eigenvalue weighted by Gasteiger charge is -2.39. The summed E-state index contributed by atoms with van der Waals surface area (Å²) in [5.74, 6) is 1.20. The number of nitrogens with zero attached hydrogens (tertiary/aromatic N) is 1. The van der Waals surface area contributed by atoms with Crippen molar-refractivity contribution < 1.29 is 43.1 Å². The van der Waals surface area contributed by atoms with Crippen molar-refractivity contribution in [2.45, 2.75) is 329 Å². The van der Waals surface area contributed by atoms with E-state index in [1.807, 2.05) is 0 Å². The first-order valence-electron chi connectivity index (χ1n) is 33.1. The summed E-state index contributed by atoms with van der Waals surface area (Å²) in [7, 11) is 0. The minimum atomic E-state index is -0.322. The third kappa shape index (κ3) is 48.3. The van der Waals surface area contributed by atoms with Gasteiger partial charge in [-0.2, -0.15) is 0 Å². The van der Waals surface area contributed by atoms with Crippen LogP contribution in [-0.2, 0) is 38.0 Å². The average molecular weight is 1070 g/mol. The van der Waals surface area contributed by atoms with Gasteiger partial charge in [-0.25, -0.2) is 0 Å². The molecule has 1 aliphatic heterocycles. The fraction of sp³-hybridized carbons (Fsp3) is 0.969. The standard InChI is InChI=1S/C65H127NO9/c1-5-9-13-17-21-29-39-55-72-64(73-56-40-30-22-18-14-10-6-2)47-45-62(68)70-53-37-33-25-27-35-43-60-49-50-66(51-52-67)59-61(60)44-36-28-26-34-38-54-71-63(69)46-48-65(74-57-41-31-23-19-15-11-7-3)75-58-42-32-24-20-16-12-8-4/h60-61,64-65,67H,5-59H2,1-4H3. The van der Waals surface area contributed by atoms with E-state index in [9.17, 15) is 14.7 Å².